The summed E-state index contributed by atoms with van der Waals surface area (Å²) in [7, 11) is 0. The molecule has 3 aromatic carbocycles. The van der Waals surface area contributed by atoms with E-state index in [9.17, 15) is 4.79 Å². The van der Waals surface area contributed by atoms with Gasteiger partial charge in [-0.2, -0.15) is 0 Å². The molecular formula is C26H26ClN3O3. The summed E-state index contributed by atoms with van der Waals surface area (Å²) in [6.45, 7) is 3.52. The smallest absolute Gasteiger partial charge is 0.258 e. The van der Waals surface area contributed by atoms with Crippen molar-refractivity contribution < 1.29 is 14.3 Å². The number of carbonyl (C=O) groups is 1. The van der Waals surface area contributed by atoms with Crippen molar-refractivity contribution >= 4 is 28.5 Å². The fraction of sp³-hybridized carbons (Fsp3) is 0.231. The standard InChI is InChI=1S/C26H26ClN3O3/c1-19-16-21(12-13-22(19)27)32-15-7-14-30-24-11-6-5-10-23(24)29-25(30)17-28-26(31)18-33-20-8-3-2-4-9-20/h2-6,8-13,16H,7,14-15,17-18H2,1H3,(H,28,31). The number of amides is 1. The molecule has 0 aliphatic heterocycles. The topological polar surface area (TPSA) is 65.4 Å². The molecule has 0 atom stereocenters. The Bertz CT molecular complexity index is 1220. The molecule has 4 aromatic rings. The zero-order valence-electron chi connectivity index (χ0n) is 18.5. The molecule has 0 radical (unpaired) electrons. The van der Waals surface area contributed by atoms with E-state index < -0.39 is 0 Å². The molecule has 170 valence electrons. The largest absolute Gasteiger partial charge is 0.494 e. The average molecular weight is 464 g/mol. The molecule has 0 saturated heterocycles. The van der Waals surface area contributed by atoms with Gasteiger partial charge in [-0.05, 0) is 61.4 Å². The van der Waals surface area contributed by atoms with Crippen molar-refractivity contribution in [3.8, 4) is 11.5 Å². The van der Waals surface area contributed by atoms with Gasteiger partial charge in [-0.15, -0.1) is 0 Å². The van der Waals surface area contributed by atoms with Crippen LogP contribution in [0.2, 0.25) is 5.02 Å². The first-order valence-electron chi connectivity index (χ1n) is 10.9. The number of hydrogen-bond acceptors (Lipinski definition) is 4. The van der Waals surface area contributed by atoms with Crippen molar-refractivity contribution in [2.45, 2.75) is 26.4 Å². The highest BCUT2D eigenvalue weighted by Crippen LogP contribution is 2.21. The molecule has 1 aromatic heterocycles. The maximum atomic E-state index is 12.3. The first-order valence-corrected chi connectivity index (χ1v) is 11.3. The van der Waals surface area contributed by atoms with E-state index in [0.29, 0.717) is 18.9 Å². The van der Waals surface area contributed by atoms with Gasteiger partial charge in [-0.25, -0.2) is 4.98 Å². The Morgan fingerprint density at radius 1 is 1.00 bits per heavy atom. The van der Waals surface area contributed by atoms with Gasteiger partial charge in [0.2, 0.25) is 0 Å². The lowest BCUT2D eigenvalue weighted by atomic mass is 10.2. The molecule has 0 spiro atoms. The Morgan fingerprint density at radius 3 is 2.61 bits per heavy atom. The highest BCUT2D eigenvalue weighted by atomic mass is 35.5. The fourth-order valence-electron chi connectivity index (χ4n) is 3.52. The number of aryl methyl sites for hydroxylation is 2. The SMILES string of the molecule is Cc1cc(OCCCn2c(CNC(=O)COc3ccccc3)nc3ccccc32)ccc1Cl. The molecule has 0 unspecified atom stereocenters. The second-order valence-electron chi connectivity index (χ2n) is 7.66. The summed E-state index contributed by atoms with van der Waals surface area (Å²) < 4.78 is 13.5. The van der Waals surface area contributed by atoms with Gasteiger partial charge < -0.3 is 19.4 Å². The van der Waals surface area contributed by atoms with Crippen LogP contribution >= 0.6 is 11.6 Å². The van der Waals surface area contributed by atoms with Crippen molar-refractivity contribution in [1.29, 1.82) is 0 Å². The Morgan fingerprint density at radius 2 is 1.79 bits per heavy atom. The van der Waals surface area contributed by atoms with E-state index in [2.05, 4.69) is 9.88 Å². The van der Waals surface area contributed by atoms with Gasteiger partial charge in [-0.1, -0.05) is 41.9 Å². The van der Waals surface area contributed by atoms with Crippen LogP contribution in [-0.2, 0) is 17.9 Å². The summed E-state index contributed by atoms with van der Waals surface area (Å²) in [5.74, 6) is 2.07. The molecule has 1 N–H and O–H groups in total. The lowest BCUT2D eigenvalue weighted by molar-refractivity contribution is -0.123. The van der Waals surface area contributed by atoms with Gasteiger partial charge in [-0.3, -0.25) is 4.79 Å². The van der Waals surface area contributed by atoms with Crippen molar-refractivity contribution in [2.75, 3.05) is 13.2 Å². The van der Waals surface area contributed by atoms with Gasteiger partial charge >= 0.3 is 0 Å². The average Bonchev–Trinajstić information content (AvgIpc) is 3.19. The van der Waals surface area contributed by atoms with Crippen molar-refractivity contribution in [3.05, 3.63) is 89.2 Å². The molecule has 7 heteroatoms. The molecular weight excluding hydrogens is 438 g/mol. The van der Waals surface area contributed by atoms with Crippen LogP contribution in [0.5, 0.6) is 11.5 Å². The van der Waals surface area contributed by atoms with E-state index >= 15 is 0 Å². The van der Waals surface area contributed by atoms with Crippen molar-refractivity contribution in [3.63, 3.8) is 0 Å². The van der Waals surface area contributed by atoms with Gasteiger partial charge in [0.05, 0.1) is 24.2 Å². The minimum Gasteiger partial charge on any atom is -0.494 e. The molecule has 4 rings (SSSR count). The first-order chi connectivity index (χ1) is 16.1. The van der Waals surface area contributed by atoms with Crippen LogP contribution in [0.1, 0.15) is 17.8 Å². The molecule has 33 heavy (non-hydrogen) atoms. The third-order valence-corrected chi connectivity index (χ3v) is 5.64. The van der Waals surface area contributed by atoms with Crippen LogP contribution in [0.3, 0.4) is 0 Å². The van der Waals surface area contributed by atoms with Crippen molar-refractivity contribution in [2.24, 2.45) is 0 Å². The second kappa shape index (κ2) is 10.9. The predicted octanol–water partition coefficient (Wildman–Crippen LogP) is 5.16. The molecule has 0 fully saturated rings. The number of para-hydroxylation sites is 3. The van der Waals surface area contributed by atoms with Gasteiger partial charge in [0.1, 0.15) is 17.3 Å². The normalized spacial score (nSPS) is 10.8. The van der Waals surface area contributed by atoms with Crippen LogP contribution in [0.25, 0.3) is 11.0 Å². The summed E-state index contributed by atoms with van der Waals surface area (Å²) in [6, 6.07) is 22.9. The molecule has 6 nitrogen and oxygen atoms in total. The van der Waals surface area contributed by atoms with E-state index in [-0.39, 0.29) is 12.5 Å². The number of carbonyl (C=O) groups excluding carboxylic acids is 1. The van der Waals surface area contributed by atoms with Gasteiger partial charge in [0.15, 0.2) is 6.61 Å². The van der Waals surface area contributed by atoms with Gasteiger partial charge in [0.25, 0.3) is 5.91 Å². The minimum atomic E-state index is -0.195. The molecule has 1 amide bonds. The zero-order valence-corrected chi connectivity index (χ0v) is 19.2. The number of hydrogen-bond donors (Lipinski definition) is 1. The highest BCUT2D eigenvalue weighted by molar-refractivity contribution is 6.31. The highest BCUT2D eigenvalue weighted by Gasteiger charge is 2.12. The minimum absolute atomic E-state index is 0.0431. The number of imidazole rings is 1. The Balaban J connectivity index is 1.34. The second-order valence-corrected chi connectivity index (χ2v) is 8.07. The Kier molecular flexibility index (Phi) is 7.47. The monoisotopic (exact) mass is 463 g/mol. The number of ether oxygens (including phenoxy) is 2. The summed E-state index contributed by atoms with van der Waals surface area (Å²) >= 11 is 6.08. The third-order valence-electron chi connectivity index (χ3n) is 5.21. The maximum Gasteiger partial charge on any atom is 0.258 e. The lowest BCUT2D eigenvalue weighted by Crippen LogP contribution is -2.29. The zero-order chi connectivity index (χ0) is 23.0. The number of nitrogens with one attached hydrogen (secondary N) is 1. The van der Waals surface area contributed by atoms with Crippen LogP contribution in [-0.4, -0.2) is 28.7 Å². The van der Waals surface area contributed by atoms with E-state index in [0.717, 1.165) is 46.2 Å². The van der Waals surface area contributed by atoms with E-state index in [1.165, 1.54) is 0 Å². The number of fused-ring (bicyclic) bond motifs is 1. The van der Waals surface area contributed by atoms with E-state index in [1.54, 1.807) is 0 Å². The van der Waals surface area contributed by atoms with Crippen LogP contribution in [0, 0.1) is 6.92 Å². The van der Waals surface area contributed by atoms with Crippen LogP contribution in [0.15, 0.2) is 72.8 Å². The number of aromatic nitrogens is 2. The summed E-state index contributed by atoms with van der Waals surface area (Å²) in [6.07, 6.45) is 0.792. The molecule has 0 saturated carbocycles. The molecule has 0 aliphatic carbocycles. The van der Waals surface area contributed by atoms with E-state index in [1.807, 2.05) is 79.7 Å². The number of halogens is 1. The quantitative estimate of drug-likeness (QED) is 0.330. The first kappa shape index (κ1) is 22.7. The number of benzene rings is 3. The third kappa shape index (κ3) is 6.05. The lowest BCUT2D eigenvalue weighted by Gasteiger charge is -2.12. The molecule has 0 bridgehead atoms. The predicted molar refractivity (Wildman–Crippen MR) is 130 cm³/mol. The van der Waals surface area contributed by atoms with Gasteiger partial charge in [0, 0.05) is 11.6 Å². The fourth-order valence-corrected chi connectivity index (χ4v) is 3.64. The number of rotatable bonds is 10. The number of nitrogens with zero attached hydrogens (tertiary/aromatic N) is 2. The summed E-state index contributed by atoms with van der Waals surface area (Å²) in [4.78, 5) is 17.0. The summed E-state index contributed by atoms with van der Waals surface area (Å²) in [5, 5.41) is 3.64. The maximum absolute atomic E-state index is 12.3. The summed E-state index contributed by atoms with van der Waals surface area (Å²) in [5.41, 5.74) is 2.92. The van der Waals surface area contributed by atoms with Crippen LogP contribution < -0.4 is 14.8 Å². The Hall–Kier alpha value is -3.51. The molecule has 1 heterocycles. The Labute approximate surface area is 198 Å². The van der Waals surface area contributed by atoms with E-state index in [4.69, 9.17) is 26.1 Å². The van der Waals surface area contributed by atoms with Crippen molar-refractivity contribution in [1.82, 2.24) is 14.9 Å². The van der Waals surface area contributed by atoms with Crippen LogP contribution in [0.4, 0.5) is 0 Å². The molecule has 0 aliphatic rings.